The molecule has 1 aliphatic rings. The molecule has 0 radical (unpaired) electrons. The fourth-order valence-electron chi connectivity index (χ4n) is 2.65. The Morgan fingerprint density at radius 3 is 2.25 bits per heavy atom. The van der Waals surface area contributed by atoms with Crippen LogP contribution in [-0.4, -0.2) is 29.9 Å². The zero-order valence-corrected chi connectivity index (χ0v) is 11.0. The van der Waals surface area contributed by atoms with Gasteiger partial charge in [-0.25, -0.2) is 13.2 Å². The van der Waals surface area contributed by atoms with Crippen LogP contribution in [0.2, 0.25) is 0 Å². The molecule has 110 valence electrons. The van der Waals surface area contributed by atoms with E-state index in [0.717, 1.165) is 37.8 Å². The van der Waals surface area contributed by atoms with Crippen LogP contribution in [0.1, 0.15) is 36.0 Å². The van der Waals surface area contributed by atoms with Gasteiger partial charge in [-0.3, -0.25) is 4.79 Å². The summed E-state index contributed by atoms with van der Waals surface area (Å²) in [7, 11) is 0. The van der Waals surface area contributed by atoms with Gasteiger partial charge < -0.3 is 10.6 Å². The normalized spacial score (nSPS) is 15.6. The second kappa shape index (κ2) is 6.26. The van der Waals surface area contributed by atoms with Gasteiger partial charge in [0.05, 0.1) is 0 Å². The van der Waals surface area contributed by atoms with Gasteiger partial charge in [0.1, 0.15) is 0 Å². The van der Waals surface area contributed by atoms with Gasteiger partial charge in [0.2, 0.25) is 0 Å². The lowest BCUT2D eigenvalue weighted by Crippen LogP contribution is -2.42. The minimum atomic E-state index is -1.56. The number of carbonyl (C=O) groups excluding carboxylic acids is 1. The minimum Gasteiger partial charge on any atom is -0.334 e. The molecule has 1 fully saturated rings. The van der Waals surface area contributed by atoms with Crippen molar-refractivity contribution >= 4 is 5.91 Å². The van der Waals surface area contributed by atoms with Crippen molar-refractivity contribution in [1.29, 1.82) is 0 Å². The third-order valence-corrected chi connectivity index (χ3v) is 3.63. The maximum absolute atomic E-state index is 13.2. The standard InChI is InChI=1S/C14H17F3N2O/c15-11-7-9(8-12(16)13(11)17)14(20)19(6-5-18)10-3-1-2-4-10/h7-8,10H,1-6,18H2. The van der Waals surface area contributed by atoms with Crippen molar-refractivity contribution in [2.45, 2.75) is 31.7 Å². The molecule has 1 aliphatic carbocycles. The molecule has 0 spiro atoms. The van der Waals surface area contributed by atoms with Crippen LogP contribution >= 0.6 is 0 Å². The van der Waals surface area contributed by atoms with E-state index >= 15 is 0 Å². The highest BCUT2D eigenvalue weighted by atomic mass is 19.2. The molecule has 0 saturated heterocycles. The van der Waals surface area contributed by atoms with Gasteiger partial charge in [0.15, 0.2) is 17.5 Å². The molecule has 6 heteroatoms. The van der Waals surface area contributed by atoms with Crippen LogP contribution < -0.4 is 5.73 Å². The van der Waals surface area contributed by atoms with Crippen molar-refractivity contribution in [2.75, 3.05) is 13.1 Å². The van der Waals surface area contributed by atoms with E-state index < -0.39 is 23.4 Å². The molecule has 0 atom stereocenters. The number of hydrogen-bond acceptors (Lipinski definition) is 2. The Hall–Kier alpha value is -1.56. The van der Waals surface area contributed by atoms with Crippen LogP contribution in [0.5, 0.6) is 0 Å². The molecule has 20 heavy (non-hydrogen) atoms. The van der Waals surface area contributed by atoms with Crippen LogP contribution in [0, 0.1) is 17.5 Å². The Labute approximate surface area is 115 Å². The van der Waals surface area contributed by atoms with Gasteiger partial charge in [-0.15, -0.1) is 0 Å². The van der Waals surface area contributed by atoms with Crippen molar-refractivity contribution in [3.05, 3.63) is 35.1 Å². The topological polar surface area (TPSA) is 46.3 Å². The van der Waals surface area contributed by atoms with E-state index in [1.807, 2.05) is 0 Å². The first-order valence-electron chi connectivity index (χ1n) is 6.70. The van der Waals surface area contributed by atoms with Crippen molar-refractivity contribution < 1.29 is 18.0 Å². The predicted molar refractivity (Wildman–Crippen MR) is 68.7 cm³/mol. The third-order valence-electron chi connectivity index (χ3n) is 3.63. The second-order valence-electron chi connectivity index (χ2n) is 4.98. The first kappa shape index (κ1) is 14.8. The lowest BCUT2D eigenvalue weighted by atomic mass is 10.1. The zero-order valence-electron chi connectivity index (χ0n) is 11.0. The molecule has 0 bridgehead atoms. The summed E-state index contributed by atoms with van der Waals surface area (Å²) in [6, 6.07) is 1.51. The first-order valence-corrected chi connectivity index (χ1v) is 6.70. The van der Waals surface area contributed by atoms with E-state index in [2.05, 4.69) is 0 Å². The molecule has 0 aromatic heterocycles. The number of halogens is 3. The molecule has 2 rings (SSSR count). The van der Waals surface area contributed by atoms with Gasteiger partial charge in [-0.05, 0) is 25.0 Å². The van der Waals surface area contributed by atoms with Crippen molar-refractivity contribution in [3.8, 4) is 0 Å². The van der Waals surface area contributed by atoms with E-state index in [1.165, 1.54) is 0 Å². The zero-order chi connectivity index (χ0) is 14.7. The molecule has 1 aromatic carbocycles. The monoisotopic (exact) mass is 286 g/mol. The summed E-state index contributed by atoms with van der Waals surface area (Å²) in [6.45, 7) is 0.596. The van der Waals surface area contributed by atoms with E-state index in [0.29, 0.717) is 6.54 Å². The van der Waals surface area contributed by atoms with E-state index in [-0.39, 0.29) is 18.2 Å². The second-order valence-corrected chi connectivity index (χ2v) is 4.98. The molecule has 0 unspecified atom stereocenters. The average Bonchev–Trinajstić information content (AvgIpc) is 2.94. The first-order chi connectivity index (χ1) is 9.54. The summed E-state index contributed by atoms with van der Waals surface area (Å²) in [5.41, 5.74) is 5.32. The fourth-order valence-corrected chi connectivity index (χ4v) is 2.65. The number of carbonyl (C=O) groups is 1. The number of benzene rings is 1. The number of hydrogen-bond donors (Lipinski definition) is 1. The van der Waals surface area contributed by atoms with Crippen LogP contribution in [0.15, 0.2) is 12.1 Å². The van der Waals surface area contributed by atoms with Gasteiger partial charge in [0, 0.05) is 24.7 Å². The molecular formula is C14H17F3N2O. The lowest BCUT2D eigenvalue weighted by molar-refractivity contribution is 0.0687. The fraction of sp³-hybridized carbons (Fsp3) is 0.500. The van der Waals surface area contributed by atoms with Gasteiger partial charge in [0.25, 0.3) is 5.91 Å². The van der Waals surface area contributed by atoms with Crippen LogP contribution in [0.25, 0.3) is 0 Å². The molecule has 1 aromatic rings. The Morgan fingerprint density at radius 2 is 1.75 bits per heavy atom. The largest absolute Gasteiger partial charge is 0.334 e. The van der Waals surface area contributed by atoms with Gasteiger partial charge in [-0.2, -0.15) is 0 Å². The van der Waals surface area contributed by atoms with E-state index in [4.69, 9.17) is 5.73 Å². The summed E-state index contributed by atoms with van der Waals surface area (Å²) >= 11 is 0. The summed E-state index contributed by atoms with van der Waals surface area (Å²) in [5.74, 6) is -4.77. The average molecular weight is 286 g/mol. The lowest BCUT2D eigenvalue weighted by Gasteiger charge is -2.28. The summed E-state index contributed by atoms with van der Waals surface area (Å²) < 4.78 is 39.4. The number of nitrogens with two attached hydrogens (primary N) is 1. The van der Waals surface area contributed by atoms with E-state index in [1.54, 1.807) is 4.90 Å². The van der Waals surface area contributed by atoms with Crippen molar-refractivity contribution in [1.82, 2.24) is 4.90 Å². The summed E-state index contributed by atoms with van der Waals surface area (Å²) in [6.07, 6.45) is 3.76. The Bertz CT molecular complexity index is 478. The maximum Gasteiger partial charge on any atom is 0.254 e. The van der Waals surface area contributed by atoms with E-state index in [9.17, 15) is 18.0 Å². The van der Waals surface area contributed by atoms with Gasteiger partial charge >= 0.3 is 0 Å². The molecule has 1 amide bonds. The molecular weight excluding hydrogens is 269 g/mol. The van der Waals surface area contributed by atoms with Crippen LogP contribution in [0.3, 0.4) is 0 Å². The molecule has 1 saturated carbocycles. The predicted octanol–water partition coefficient (Wildman–Crippen LogP) is 2.45. The van der Waals surface area contributed by atoms with Crippen LogP contribution in [0.4, 0.5) is 13.2 Å². The highest BCUT2D eigenvalue weighted by Crippen LogP contribution is 2.25. The third kappa shape index (κ3) is 2.95. The molecule has 0 heterocycles. The highest BCUT2D eigenvalue weighted by molar-refractivity contribution is 5.94. The Morgan fingerprint density at radius 1 is 1.20 bits per heavy atom. The summed E-state index contributed by atoms with van der Waals surface area (Å²) in [4.78, 5) is 13.9. The Kier molecular flexibility index (Phi) is 4.65. The number of rotatable bonds is 4. The number of nitrogens with zero attached hydrogens (tertiary/aromatic N) is 1. The SMILES string of the molecule is NCCN(C(=O)c1cc(F)c(F)c(F)c1)C1CCCC1. The van der Waals surface area contributed by atoms with Crippen molar-refractivity contribution in [3.63, 3.8) is 0 Å². The maximum atomic E-state index is 13.2. The Balaban J connectivity index is 2.27. The molecule has 3 nitrogen and oxygen atoms in total. The molecule has 2 N–H and O–H groups in total. The molecule has 0 aliphatic heterocycles. The van der Waals surface area contributed by atoms with Crippen LogP contribution in [-0.2, 0) is 0 Å². The number of amides is 1. The minimum absolute atomic E-state index is 0.0437. The highest BCUT2D eigenvalue weighted by Gasteiger charge is 2.28. The quantitative estimate of drug-likeness (QED) is 0.864. The van der Waals surface area contributed by atoms with Crippen molar-refractivity contribution in [2.24, 2.45) is 5.73 Å². The summed E-state index contributed by atoms with van der Waals surface area (Å²) in [5, 5.41) is 0. The smallest absolute Gasteiger partial charge is 0.254 e. The van der Waals surface area contributed by atoms with Gasteiger partial charge in [-0.1, -0.05) is 12.8 Å².